The molecule has 6 heteroatoms. The Bertz CT molecular complexity index is 947. The van der Waals surface area contributed by atoms with Crippen LogP contribution in [0.2, 0.25) is 0 Å². The van der Waals surface area contributed by atoms with Gasteiger partial charge in [-0.1, -0.05) is 17.3 Å². The molecule has 0 atom stereocenters. The van der Waals surface area contributed by atoms with E-state index in [1.54, 1.807) is 31.2 Å². The van der Waals surface area contributed by atoms with Gasteiger partial charge in [0.1, 0.15) is 5.82 Å². The second kappa shape index (κ2) is 5.88. The average molecular weight is 326 g/mol. The summed E-state index contributed by atoms with van der Waals surface area (Å²) in [5.41, 5.74) is 3.21. The van der Waals surface area contributed by atoms with Crippen LogP contribution in [0.3, 0.4) is 0 Å². The number of hydrogen-bond acceptors (Lipinski definition) is 4. The molecular weight excluding hydrogens is 311 g/mol. The lowest BCUT2D eigenvalue weighted by molar-refractivity contribution is 0.0696. The van der Waals surface area contributed by atoms with E-state index in [0.717, 1.165) is 11.1 Å². The number of rotatable bonds is 3. The number of carboxylic acid groups (broad SMARTS) is 1. The van der Waals surface area contributed by atoms with E-state index in [-0.39, 0.29) is 22.8 Å². The Morgan fingerprint density at radius 2 is 1.88 bits per heavy atom. The largest absolute Gasteiger partial charge is 0.478 e. The Kier molecular flexibility index (Phi) is 3.89. The number of hydrogen-bond donors (Lipinski definition) is 1. The highest BCUT2D eigenvalue weighted by atomic mass is 19.1. The number of aryl methyl sites for hydroxylation is 1. The second-order valence-electron chi connectivity index (χ2n) is 5.57. The van der Waals surface area contributed by atoms with Gasteiger partial charge in [-0.25, -0.2) is 9.18 Å². The molecule has 0 saturated heterocycles. The summed E-state index contributed by atoms with van der Waals surface area (Å²) in [6, 6.07) is 7.72. The van der Waals surface area contributed by atoms with Gasteiger partial charge < -0.3 is 9.63 Å². The number of benzene rings is 2. The van der Waals surface area contributed by atoms with Gasteiger partial charge in [-0.05, 0) is 55.7 Å². The van der Waals surface area contributed by atoms with Crippen LogP contribution in [-0.2, 0) is 0 Å². The van der Waals surface area contributed by atoms with Crippen molar-refractivity contribution in [2.45, 2.75) is 20.8 Å². The van der Waals surface area contributed by atoms with Gasteiger partial charge in [-0.15, -0.1) is 0 Å². The molecule has 122 valence electrons. The summed E-state index contributed by atoms with van der Waals surface area (Å²) in [5.74, 6) is -1.18. The van der Waals surface area contributed by atoms with Gasteiger partial charge in [0.2, 0.25) is 5.82 Å². The van der Waals surface area contributed by atoms with E-state index in [0.29, 0.717) is 11.1 Å². The first-order valence-electron chi connectivity index (χ1n) is 7.33. The van der Waals surface area contributed by atoms with E-state index in [4.69, 9.17) is 4.52 Å². The maximum atomic E-state index is 13.9. The van der Waals surface area contributed by atoms with E-state index in [2.05, 4.69) is 10.1 Å². The lowest BCUT2D eigenvalue weighted by Crippen LogP contribution is -2.05. The highest BCUT2D eigenvalue weighted by Crippen LogP contribution is 2.32. The number of carbonyl (C=O) groups is 1. The Morgan fingerprint density at radius 1 is 1.17 bits per heavy atom. The van der Waals surface area contributed by atoms with Crippen LogP contribution in [0, 0.1) is 26.6 Å². The van der Waals surface area contributed by atoms with E-state index < -0.39 is 11.8 Å². The molecule has 3 aromatic rings. The highest BCUT2D eigenvalue weighted by Gasteiger charge is 2.21. The molecule has 0 aliphatic heterocycles. The topological polar surface area (TPSA) is 76.2 Å². The van der Waals surface area contributed by atoms with E-state index in [1.807, 2.05) is 13.8 Å². The Labute approximate surface area is 137 Å². The molecule has 5 nitrogen and oxygen atoms in total. The zero-order valence-corrected chi connectivity index (χ0v) is 13.4. The average Bonchev–Trinajstić information content (AvgIpc) is 3.00. The number of aromatic nitrogens is 2. The van der Waals surface area contributed by atoms with Crippen LogP contribution in [0.5, 0.6) is 0 Å². The zero-order chi connectivity index (χ0) is 17.4. The molecule has 1 heterocycles. The predicted octanol–water partition coefficient (Wildman–Crippen LogP) is 4.17. The Balaban J connectivity index is 2.18. The zero-order valence-electron chi connectivity index (χ0n) is 13.4. The van der Waals surface area contributed by atoms with Gasteiger partial charge in [-0.3, -0.25) is 0 Å². The maximum Gasteiger partial charge on any atom is 0.335 e. The van der Waals surface area contributed by atoms with Crippen molar-refractivity contribution in [2.75, 3.05) is 0 Å². The number of aromatic carboxylic acids is 1. The third-order valence-electron chi connectivity index (χ3n) is 4.09. The van der Waals surface area contributed by atoms with Crippen LogP contribution in [0.15, 0.2) is 34.9 Å². The van der Waals surface area contributed by atoms with E-state index in [9.17, 15) is 14.3 Å². The van der Waals surface area contributed by atoms with Crippen LogP contribution in [0.4, 0.5) is 4.39 Å². The van der Waals surface area contributed by atoms with Gasteiger partial charge in [0.05, 0.1) is 11.1 Å². The smallest absolute Gasteiger partial charge is 0.335 e. The summed E-state index contributed by atoms with van der Waals surface area (Å²) in [6.07, 6.45) is 0. The predicted molar refractivity (Wildman–Crippen MR) is 86.3 cm³/mol. The second-order valence-corrected chi connectivity index (χ2v) is 5.57. The van der Waals surface area contributed by atoms with Crippen molar-refractivity contribution < 1.29 is 18.8 Å². The van der Waals surface area contributed by atoms with Crippen molar-refractivity contribution in [2.24, 2.45) is 0 Å². The number of carboxylic acids is 1. The molecule has 2 aromatic carbocycles. The fraction of sp³-hybridized carbons (Fsp3) is 0.167. The summed E-state index contributed by atoms with van der Waals surface area (Å²) >= 11 is 0. The fourth-order valence-electron chi connectivity index (χ4n) is 2.67. The Morgan fingerprint density at radius 3 is 2.54 bits per heavy atom. The van der Waals surface area contributed by atoms with Gasteiger partial charge >= 0.3 is 5.97 Å². The Hall–Kier alpha value is -3.02. The quantitative estimate of drug-likeness (QED) is 0.782. The monoisotopic (exact) mass is 326 g/mol. The van der Waals surface area contributed by atoms with Crippen molar-refractivity contribution in [3.8, 4) is 22.8 Å². The highest BCUT2D eigenvalue weighted by molar-refractivity contribution is 5.92. The van der Waals surface area contributed by atoms with Gasteiger partial charge in [0.25, 0.3) is 5.89 Å². The third-order valence-corrected chi connectivity index (χ3v) is 4.09. The molecule has 24 heavy (non-hydrogen) atoms. The minimum atomic E-state index is -1.02. The number of halogens is 1. The molecule has 0 radical (unpaired) electrons. The first-order chi connectivity index (χ1) is 11.4. The van der Waals surface area contributed by atoms with Gasteiger partial charge in [-0.2, -0.15) is 4.98 Å². The van der Waals surface area contributed by atoms with Crippen molar-refractivity contribution in [1.29, 1.82) is 0 Å². The summed E-state index contributed by atoms with van der Waals surface area (Å²) in [6.45, 7) is 5.38. The SMILES string of the molecule is Cc1cc(C(=O)O)c(C)c(-c2noc(-c3ccccc3F)n2)c1C. The van der Waals surface area contributed by atoms with Crippen molar-refractivity contribution in [3.63, 3.8) is 0 Å². The lowest BCUT2D eigenvalue weighted by atomic mass is 9.93. The molecular formula is C18H15FN2O3. The minimum Gasteiger partial charge on any atom is -0.478 e. The summed E-state index contributed by atoms with van der Waals surface area (Å²) in [4.78, 5) is 15.7. The third kappa shape index (κ3) is 2.56. The van der Waals surface area contributed by atoms with Gasteiger partial charge in [0.15, 0.2) is 0 Å². The summed E-state index contributed by atoms with van der Waals surface area (Å²) < 4.78 is 19.1. The molecule has 0 aliphatic rings. The van der Waals surface area contributed by atoms with E-state index >= 15 is 0 Å². The fourth-order valence-corrected chi connectivity index (χ4v) is 2.67. The van der Waals surface area contributed by atoms with Gasteiger partial charge in [0, 0.05) is 5.56 Å². The molecule has 0 aliphatic carbocycles. The lowest BCUT2D eigenvalue weighted by Gasteiger charge is -2.12. The maximum absolute atomic E-state index is 13.9. The standard InChI is InChI=1S/C18H15FN2O3/c1-9-8-13(18(22)23)11(3)15(10(9)2)16-20-17(24-21-16)12-6-4-5-7-14(12)19/h4-8H,1-3H3,(H,22,23). The first kappa shape index (κ1) is 15.9. The molecule has 0 unspecified atom stereocenters. The molecule has 0 spiro atoms. The molecule has 0 bridgehead atoms. The summed E-state index contributed by atoms with van der Waals surface area (Å²) in [5, 5.41) is 13.3. The van der Waals surface area contributed by atoms with Crippen molar-refractivity contribution >= 4 is 5.97 Å². The van der Waals surface area contributed by atoms with Crippen molar-refractivity contribution in [3.05, 3.63) is 58.4 Å². The van der Waals surface area contributed by atoms with Crippen LogP contribution >= 0.6 is 0 Å². The normalized spacial score (nSPS) is 10.8. The van der Waals surface area contributed by atoms with Crippen molar-refractivity contribution in [1.82, 2.24) is 10.1 Å². The molecule has 0 saturated carbocycles. The molecule has 0 fully saturated rings. The molecule has 1 N–H and O–H groups in total. The van der Waals surface area contributed by atoms with Crippen LogP contribution < -0.4 is 0 Å². The molecule has 0 amide bonds. The van der Waals surface area contributed by atoms with E-state index in [1.165, 1.54) is 6.07 Å². The molecule has 1 aromatic heterocycles. The minimum absolute atomic E-state index is 0.0558. The van der Waals surface area contributed by atoms with Crippen LogP contribution in [0.25, 0.3) is 22.8 Å². The summed E-state index contributed by atoms with van der Waals surface area (Å²) in [7, 11) is 0. The first-order valence-corrected chi connectivity index (χ1v) is 7.33. The van der Waals surface area contributed by atoms with Crippen LogP contribution in [-0.4, -0.2) is 21.2 Å². The number of nitrogens with zero attached hydrogens (tertiary/aromatic N) is 2. The molecule has 3 rings (SSSR count). The van der Waals surface area contributed by atoms with Crippen LogP contribution in [0.1, 0.15) is 27.0 Å².